The summed E-state index contributed by atoms with van der Waals surface area (Å²) in [6, 6.07) is 13.4. The fraction of sp³-hybridized carbons (Fsp3) is 0.235. The predicted molar refractivity (Wildman–Crippen MR) is 103 cm³/mol. The Hall–Kier alpha value is -1.54. The summed E-state index contributed by atoms with van der Waals surface area (Å²) in [6.45, 7) is 1.81. The number of sulfonamides is 1. The van der Waals surface area contributed by atoms with E-state index in [2.05, 4.69) is 5.32 Å². The van der Waals surface area contributed by atoms with Gasteiger partial charge in [0.25, 0.3) is 0 Å². The van der Waals surface area contributed by atoms with Gasteiger partial charge in [-0.05, 0) is 55.5 Å². The lowest BCUT2D eigenvalue weighted by Gasteiger charge is -2.14. The van der Waals surface area contributed by atoms with Gasteiger partial charge in [-0.3, -0.25) is 4.79 Å². The van der Waals surface area contributed by atoms with E-state index in [1.807, 2.05) is 12.1 Å². The Morgan fingerprint density at radius 3 is 2.16 bits per heavy atom. The first-order chi connectivity index (χ1) is 11.7. The molecule has 0 saturated heterocycles. The van der Waals surface area contributed by atoms with Crippen LogP contribution in [0.3, 0.4) is 0 Å². The summed E-state index contributed by atoms with van der Waals surface area (Å²) in [5, 5.41) is 3.12. The van der Waals surface area contributed by atoms with E-state index in [1.165, 1.54) is 38.0 Å². The molecule has 2 aromatic carbocycles. The molecule has 0 radical (unpaired) electrons. The molecule has 1 N–H and O–H groups in total. The summed E-state index contributed by atoms with van der Waals surface area (Å²) >= 11 is 7.27. The van der Waals surface area contributed by atoms with Crippen LogP contribution >= 0.6 is 23.4 Å². The van der Waals surface area contributed by atoms with Gasteiger partial charge in [0.2, 0.25) is 15.9 Å². The van der Waals surface area contributed by atoms with Crippen LogP contribution in [0.5, 0.6) is 0 Å². The van der Waals surface area contributed by atoms with E-state index < -0.39 is 10.0 Å². The number of benzene rings is 2. The van der Waals surface area contributed by atoms with Gasteiger partial charge in [-0.2, -0.15) is 0 Å². The van der Waals surface area contributed by atoms with Crippen molar-refractivity contribution in [1.82, 2.24) is 4.31 Å². The Labute approximate surface area is 157 Å². The molecule has 25 heavy (non-hydrogen) atoms. The number of nitrogens with one attached hydrogen (secondary N) is 1. The van der Waals surface area contributed by atoms with Crippen molar-refractivity contribution in [2.45, 2.75) is 22.0 Å². The molecule has 2 aromatic rings. The molecule has 0 spiro atoms. The van der Waals surface area contributed by atoms with Gasteiger partial charge in [0.05, 0.1) is 10.1 Å². The second kappa shape index (κ2) is 8.23. The Morgan fingerprint density at radius 1 is 1.08 bits per heavy atom. The number of halogens is 1. The van der Waals surface area contributed by atoms with E-state index in [9.17, 15) is 13.2 Å². The fourth-order valence-corrected chi connectivity index (χ4v) is 3.83. The third kappa shape index (κ3) is 5.22. The molecule has 134 valence electrons. The summed E-state index contributed by atoms with van der Waals surface area (Å²) < 4.78 is 25.2. The first kappa shape index (κ1) is 19.8. The van der Waals surface area contributed by atoms with Crippen molar-refractivity contribution >= 4 is 45.0 Å². The quantitative estimate of drug-likeness (QED) is 0.753. The highest BCUT2D eigenvalue weighted by Gasteiger charge is 2.18. The molecule has 0 aromatic heterocycles. The normalized spacial score (nSPS) is 12.8. The minimum Gasteiger partial charge on any atom is -0.325 e. The number of rotatable bonds is 6. The van der Waals surface area contributed by atoms with Gasteiger partial charge >= 0.3 is 0 Å². The lowest BCUT2D eigenvalue weighted by molar-refractivity contribution is -0.115. The van der Waals surface area contributed by atoms with Crippen LogP contribution in [0.2, 0.25) is 5.02 Å². The minimum atomic E-state index is -3.48. The molecule has 0 bridgehead atoms. The Bertz CT molecular complexity index is 835. The molecule has 0 aliphatic carbocycles. The maximum Gasteiger partial charge on any atom is 0.242 e. The monoisotopic (exact) mass is 398 g/mol. The second-order valence-corrected chi connectivity index (χ2v) is 9.52. The Kier molecular flexibility index (Phi) is 6.51. The van der Waals surface area contributed by atoms with Gasteiger partial charge < -0.3 is 5.32 Å². The molecule has 0 aliphatic rings. The molecule has 8 heteroatoms. The number of nitrogens with zero attached hydrogens (tertiary/aromatic N) is 1. The largest absolute Gasteiger partial charge is 0.325 e. The standard InChI is InChI=1S/C17H19ClN2O3S2/c1-12(24-15-8-4-13(18)5-9-15)17(21)19-14-6-10-16(11-7-14)25(22,23)20(2)3/h4-12H,1-3H3,(H,19,21). The van der Waals surface area contributed by atoms with E-state index in [1.54, 1.807) is 31.2 Å². The lowest BCUT2D eigenvalue weighted by atomic mass is 10.3. The van der Waals surface area contributed by atoms with Gasteiger partial charge in [-0.25, -0.2) is 12.7 Å². The molecule has 2 rings (SSSR count). The number of carbonyl (C=O) groups is 1. The van der Waals surface area contributed by atoms with Crippen LogP contribution < -0.4 is 5.32 Å². The summed E-state index contributed by atoms with van der Waals surface area (Å²) in [4.78, 5) is 13.4. The number of anilines is 1. The van der Waals surface area contributed by atoms with Crippen LogP contribution in [0, 0.1) is 0 Å². The van der Waals surface area contributed by atoms with Crippen molar-refractivity contribution < 1.29 is 13.2 Å². The summed E-state index contributed by atoms with van der Waals surface area (Å²) in [5.41, 5.74) is 0.547. The summed E-state index contributed by atoms with van der Waals surface area (Å²) in [7, 11) is -0.531. The number of thioether (sulfide) groups is 1. The molecule has 5 nitrogen and oxygen atoms in total. The van der Waals surface area contributed by atoms with Gasteiger partial charge in [-0.15, -0.1) is 11.8 Å². The van der Waals surface area contributed by atoms with Gasteiger partial charge in [0.1, 0.15) is 0 Å². The zero-order valence-electron chi connectivity index (χ0n) is 14.1. The van der Waals surface area contributed by atoms with E-state index in [4.69, 9.17) is 11.6 Å². The first-order valence-corrected chi connectivity index (χ1v) is 10.2. The maximum absolute atomic E-state index is 12.3. The van der Waals surface area contributed by atoms with Crippen LogP contribution in [-0.2, 0) is 14.8 Å². The maximum atomic E-state index is 12.3. The molecular formula is C17H19ClN2O3S2. The summed E-state index contributed by atoms with van der Waals surface area (Å²) in [6.07, 6.45) is 0. The highest BCUT2D eigenvalue weighted by molar-refractivity contribution is 8.00. The number of hydrogen-bond acceptors (Lipinski definition) is 4. The van der Waals surface area contributed by atoms with Gasteiger partial charge in [-0.1, -0.05) is 11.6 Å². The molecule has 0 saturated carbocycles. The van der Waals surface area contributed by atoms with Crippen molar-refractivity contribution in [2.75, 3.05) is 19.4 Å². The number of carbonyl (C=O) groups excluding carboxylic acids is 1. The molecule has 0 fully saturated rings. The average Bonchev–Trinajstić information content (AvgIpc) is 2.57. The van der Waals surface area contributed by atoms with Crippen molar-refractivity contribution in [3.63, 3.8) is 0 Å². The molecular weight excluding hydrogens is 380 g/mol. The summed E-state index contributed by atoms with van der Waals surface area (Å²) in [5.74, 6) is -0.164. The van der Waals surface area contributed by atoms with Crippen molar-refractivity contribution in [2.24, 2.45) is 0 Å². The smallest absolute Gasteiger partial charge is 0.242 e. The SMILES string of the molecule is CC(Sc1ccc(Cl)cc1)C(=O)Nc1ccc(S(=O)(=O)N(C)C)cc1. The zero-order valence-corrected chi connectivity index (χ0v) is 16.5. The first-order valence-electron chi connectivity index (χ1n) is 7.46. The molecule has 0 aliphatic heterocycles. The predicted octanol–water partition coefficient (Wildman–Crippen LogP) is 3.71. The van der Waals surface area contributed by atoms with E-state index >= 15 is 0 Å². The average molecular weight is 399 g/mol. The molecule has 0 heterocycles. The Balaban J connectivity index is 2.01. The molecule has 1 atom stereocenters. The zero-order chi connectivity index (χ0) is 18.6. The topological polar surface area (TPSA) is 66.5 Å². The molecule has 1 amide bonds. The number of amides is 1. The molecule has 1 unspecified atom stereocenters. The van der Waals surface area contributed by atoms with Crippen LogP contribution in [0.25, 0.3) is 0 Å². The van der Waals surface area contributed by atoms with Crippen LogP contribution in [-0.4, -0.2) is 38.0 Å². The van der Waals surface area contributed by atoms with Gasteiger partial charge in [0.15, 0.2) is 0 Å². The number of hydrogen-bond donors (Lipinski definition) is 1. The third-order valence-corrected chi connectivity index (χ3v) is 6.59. The second-order valence-electron chi connectivity index (χ2n) is 5.52. The van der Waals surface area contributed by atoms with Crippen LogP contribution in [0.1, 0.15) is 6.92 Å². The van der Waals surface area contributed by atoms with Crippen molar-refractivity contribution in [3.05, 3.63) is 53.6 Å². The van der Waals surface area contributed by atoms with Crippen molar-refractivity contribution in [1.29, 1.82) is 0 Å². The Morgan fingerprint density at radius 2 is 1.64 bits per heavy atom. The van der Waals surface area contributed by atoms with Crippen LogP contribution in [0.15, 0.2) is 58.3 Å². The lowest BCUT2D eigenvalue weighted by Crippen LogP contribution is -2.23. The highest BCUT2D eigenvalue weighted by Crippen LogP contribution is 2.26. The van der Waals surface area contributed by atoms with E-state index in [0.717, 1.165) is 9.20 Å². The highest BCUT2D eigenvalue weighted by atomic mass is 35.5. The van der Waals surface area contributed by atoms with Gasteiger partial charge in [0, 0.05) is 29.7 Å². The van der Waals surface area contributed by atoms with E-state index in [0.29, 0.717) is 10.7 Å². The van der Waals surface area contributed by atoms with Crippen LogP contribution in [0.4, 0.5) is 5.69 Å². The van der Waals surface area contributed by atoms with Crippen molar-refractivity contribution in [3.8, 4) is 0 Å². The fourth-order valence-electron chi connectivity index (χ4n) is 1.94. The minimum absolute atomic E-state index is 0.164. The van der Waals surface area contributed by atoms with E-state index in [-0.39, 0.29) is 16.1 Å². The third-order valence-electron chi connectivity index (χ3n) is 3.40.